The summed E-state index contributed by atoms with van der Waals surface area (Å²) in [5.74, 6) is 0.0390. The van der Waals surface area contributed by atoms with Crippen molar-refractivity contribution in [1.82, 2.24) is 15.1 Å². The van der Waals surface area contributed by atoms with Crippen LogP contribution in [0.2, 0.25) is 0 Å². The average molecular weight is 387 g/mol. The van der Waals surface area contributed by atoms with Crippen LogP contribution in [0.15, 0.2) is 89.7 Å². The quantitative estimate of drug-likeness (QED) is 0.492. The molecule has 0 atom stereocenters. The van der Waals surface area contributed by atoms with Crippen LogP contribution < -0.4 is 5.32 Å². The molecular formula is C23H18FN3O2. The topological polar surface area (TPSA) is 60.1 Å². The summed E-state index contributed by atoms with van der Waals surface area (Å²) in [4.78, 5) is 12.2. The maximum atomic E-state index is 13.3. The van der Waals surface area contributed by atoms with Gasteiger partial charge in [0.05, 0.1) is 17.6 Å². The normalized spacial score (nSPS) is 11.1. The first kappa shape index (κ1) is 18.4. The number of halogens is 1. The highest BCUT2D eigenvalue weighted by atomic mass is 19.1. The van der Waals surface area contributed by atoms with Gasteiger partial charge < -0.3 is 9.73 Å². The zero-order valence-corrected chi connectivity index (χ0v) is 15.5. The molecule has 29 heavy (non-hydrogen) atoms. The van der Waals surface area contributed by atoms with Crippen molar-refractivity contribution in [1.29, 1.82) is 0 Å². The number of nitrogens with one attached hydrogen (secondary N) is 1. The molecule has 1 N–H and O–H groups in total. The summed E-state index contributed by atoms with van der Waals surface area (Å²) in [7, 11) is 0. The second-order valence-electron chi connectivity index (χ2n) is 6.36. The second-order valence-corrected chi connectivity index (χ2v) is 6.36. The predicted molar refractivity (Wildman–Crippen MR) is 109 cm³/mol. The molecule has 5 nitrogen and oxygen atoms in total. The average Bonchev–Trinajstić information content (AvgIpc) is 3.42. The molecule has 1 amide bonds. The van der Waals surface area contributed by atoms with E-state index in [9.17, 15) is 9.18 Å². The van der Waals surface area contributed by atoms with Gasteiger partial charge in [0.2, 0.25) is 5.91 Å². The molecular weight excluding hydrogens is 369 g/mol. The van der Waals surface area contributed by atoms with E-state index in [1.807, 2.05) is 36.5 Å². The fourth-order valence-electron chi connectivity index (χ4n) is 2.89. The highest BCUT2D eigenvalue weighted by Gasteiger charge is 2.13. The zero-order chi connectivity index (χ0) is 20.1. The van der Waals surface area contributed by atoms with E-state index in [1.54, 1.807) is 41.3 Å². The molecule has 144 valence electrons. The van der Waals surface area contributed by atoms with Crippen LogP contribution in [0.5, 0.6) is 0 Å². The van der Waals surface area contributed by atoms with Gasteiger partial charge >= 0.3 is 0 Å². The van der Waals surface area contributed by atoms with Gasteiger partial charge in [0.15, 0.2) is 0 Å². The number of hydrogen-bond acceptors (Lipinski definition) is 3. The standard InChI is InChI=1S/C23H18FN3O2/c24-19-10-8-17(9-11-19)23-18(16-27(26-23)20-5-2-1-3-6-20)15-25-22(28)13-12-21-7-4-14-29-21/h1-14,16H,15H2,(H,25,28). The summed E-state index contributed by atoms with van der Waals surface area (Å²) in [6.07, 6.45) is 6.43. The van der Waals surface area contributed by atoms with E-state index >= 15 is 0 Å². The number of nitrogens with zero attached hydrogens (tertiary/aromatic N) is 2. The van der Waals surface area contributed by atoms with Crippen LogP contribution >= 0.6 is 0 Å². The summed E-state index contributed by atoms with van der Waals surface area (Å²) in [6.45, 7) is 0.279. The molecule has 0 fully saturated rings. The Balaban J connectivity index is 1.58. The van der Waals surface area contributed by atoms with Crippen molar-refractivity contribution in [3.63, 3.8) is 0 Å². The Bertz CT molecular complexity index is 1110. The molecule has 0 radical (unpaired) electrons. The Morgan fingerprint density at radius 1 is 1.07 bits per heavy atom. The van der Waals surface area contributed by atoms with E-state index < -0.39 is 0 Å². The van der Waals surface area contributed by atoms with Gasteiger partial charge in [-0.3, -0.25) is 4.79 Å². The lowest BCUT2D eigenvalue weighted by atomic mass is 10.1. The Morgan fingerprint density at radius 2 is 1.86 bits per heavy atom. The van der Waals surface area contributed by atoms with Crippen molar-refractivity contribution in [2.24, 2.45) is 0 Å². The van der Waals surface area contributed by atoms with Crippen molar-refractivity contribution < 1.29 is 13.6 Å². The molecule has 0 saturated carbocycles. The van der Waals surface area contributed by atoms with E-state index in [0.29, 0.717) is 11.5 Å². The van der Waals surface area contributed by atoms with Crippen LogP contribution in [0.1, 0.15) is 11.3 Å². The molecule has 0 bridgehead atoms. The number of rotatable bonds is 6. The number of benzene rings is 2. The fraction of sp³-hybridized carbons (Fsp3) is 0.0435. The van der Waals surface area contributed by atoms with Crippen LogP contribution in [-0.4, -0.2) is 15.7 Å². The third-order valence-corrected chi connectivity index (χ3v) is 4.32. The van der Waals surface area contributed by atoms with Crippen LogP contribution in [0, 0.1) is 5.82 Å². The number of furan rings is 1. The first-order valence-corrected chi connectivity index (χ1v) is 9.08. The molecule has 2 aromatic carbocycles. The molecule has 0 spiro atoms. The van der Waals surface area contributed by atoms with Crippen LogP contribution in [0.25, 0.3) is 23.0 Å². The fourth-order valence-corrected chi connectivity index (χ4v) is 2.89. The molecule has 0 aliphatic rings. The van der Waals surface area contributed by atoms with E-state index in [1.165, 1.54) is 18.2 Å². The Morgan fingerprint density at radius 3 is 2.59 bits per heavy atom. The Hall–Kier alpha value is -3.93. The van der Waals surface area contributed by atoms with E-state index in [2.05, 4.69) is 10.4 Å². The summed E-state index contributed by atoms with van der Waals surface area (Å²) in [5, 5.41) is 7.51. The minimum absolute atomic E-state index is 0.251. The monoisotopic (exact) mass is 387 g/mol. The van der Waals surface area contributed by atoms with Crippen molar-refractivity contribution in [3.05, 3.63) is 102 Å². The van der Waals surface area contributed by atoms with Gasteiger partial charge in [0.25, 0.3) is 0 Å². The number of amides is 1. The SMILES string of the molecule is O=C(C=Cc1ccco1)NCc1cn(-c2ccccc2)nc1-c1ccc(F)cc1. The van der Waals surface area contributed by atoms with Crippen LogP contribution in [0.4, 0.5) is 4.39 Å². The number of hydrogen-bond donors (Lipinski definition) is 1. The molecule has 4 rings (SSSR count). The first-order valence-electron chi connectivity index (χ1n) is 9.08. The lowest BCUT2D eigenvalue weighted by molar-refractivity contribution is -0.116. The van der Waals surface area contributed by atoms with Gasteiger partial charge in [-0.1, -0.05) is 18.2 Å². The lowest BCUT2D eigenvalue weighted by Gasteiger charge is -2.03. The summed E-state index contributed by atoms with van der Waals surface area (Å²) in [6, 6.07) is 19.3. The zero-order valence-electron chi connectivity index (χ0n) is 15.5. The predicted octanol–water partition coefficient (Wildman–Crippen LogP) is 4.60. The molecule has 0 saturated heterocycles. The van der Waals surface area contributed by atoms with E-state index in [-0.39, 0.29) is 18.3 Å². The highest BCUT2D eigenvalue weighted by Crippen LogP contribution is 2.24. The van der Waals surface area contributed by atoms with E-state index in [4.69, 9.17) is 4.42 Å². The van der Waals surface area contributed by atoms with Crippen molar-refractivity contribution in [2.75, 3.05) is 0 Å². The van der Waals surface area contributed by atoms with Gasteiger partial charge in [0, 0.05) is 29.9 Å². The largest absolute Gasteiger partial charge is 0.465 e. The minimum Gasteiger partial charge on any atom is -0.465 e. The minimum atomic E-state index is -0.311. The third kappa shape index (κ3) is 4.50. The number of carbonyl (C=O) groups excluding carboxylic acids is 1. The first-order chi connectivity index (χ1) is 14.2. The second kappa shape index (κ2) is 8.39. The number of carbonyl (C=O) groups is 1. The highest BCUT2D eigenvalue weighted by molar-refractivity contribution is 5.91. The smallest absolute Gasteiger partial charge is 0.244 e. The maximum absolute atomic E-state index is 13.3. The van der Waals surface area contributed by atoms with E-state index in [0.717, 1.165) is 16.8 Å². The maximum Gasteiger partial charge on any atom is 0.244 e. The Kier molecular flexibility index (Phi) is 5.33. The van der Waals surface area contributed by atoms with Crippen molar-refractivity contribution in [3.8, 4) is 16.9 Å². The van der Waals surface area contributed by atoms with Gasteiger partial charge in [-0.15, -0.1) is 0 Å². The van der Waals surface area contributed by atoms with Gasteiger partial charge in [0.1, 0.15) is 11.6 Å². The molecule has 0 aliphatic heterocycles. The summed E-state index contributed by atoms with van der Waals surface area (Å²) >= 11 is 0. The van der Waals surface area contributed by atoms with Crippen LogP contribution in [0.3, 0.4) is 0 Å². The lowest BCUT2D eigenvalue weighted by Crippen LogP contribution is -2.20. The number of aromatic nitrogens is 2. The molecule has 4 aromatic rings. The number of para-hydroxylation sites is 1. The molecule has 2 heterocycles. The van der Waals surface area contributed by atoms with Crippen molar-refractivity contribution >= 4 is 12.0 Å². The third-order valence-electron chi connectivity index (χ3n) is 4.32. The van der Waals surface area contributed by atoms with Gasteiger partial charge in [-0.25, -0.2) is 9.07 Å². The molecule has 6 heteroatoms. The van der Waals surface area contributed by atoms with Gasteiger partial charge in [-0.05, 0) is 54.6 Å². The van der Waals surface area contributed by atoms with Crippen LogP contribution in [-0.2, 0) is 11.3 Å². The molecule has 0 unspecified atom stereocenters. The summed E-state index contributed by atoms with van der Waals surface area (Å²) in [5.41, 5.74) is 3.17. The van der Waals surface area contributed by atoms with Gasteiger partial charge in [-0.2, -0.15) is 5.10 Å². The Labute approximate surface area is 167 Å². The summed E-state index contributed by atoms with van der Waals surface area (Å²) < 4.78 is 20.3. The van der Waals surface area contributed by atoms with Crippen molar-refractivity contribution in [2.45, 2.75) is 6.54 Å². The molecule has 0 aliphatic carbocycles. The molecule has 2 aromatic heterocycles.